The predicted molar refractivity (Wildman–Crippen MR) is 55.1 cm³/mol. The van der Waals surface area contributed by atoms with E-state index in [2.05, 4.69) is 0 Å². The molecule has 0 saturated carbocycles. The summed E-state index contributed by atoms with van der Waals surface area (Å²) in [6.07, 6.45) is -5.51. The third-order valence-electron chi connectivity index (χ3n) is 3.05. The third kappa shape index (κ3) is 2.41. The van der Waals surface area contributed by atoms with Crippen LogP contribution in [-0.4, -0.2) is 26.2 Å². The van der Waals surface area contributed by atoms with Gasteiger partial charge in [0, 0.05) is 0 Å². The van der Waals surface area contributed by atoms with Crippen molar-refractivity contribution in [3.8, 4) is 0 Å². The first-order chi connectivity index (χ1) is 9.25. The van der Waals surface area contributed by atoms with Crippen molar-refractivity contribution in [2.45, 2.75) is 6.18 Å². The second kappa shape index (κ2) is 5.12. The van der Waals surface area contributed by atoms with Gasteiger partial charge in [-0.15, -0.1) is 0 Å². The minimum atomic E-state index is -5.51. The number of alkyl halides is 3. The van der Waals surface area contributed by atoms with E-state index in [1.165, 1.54) is 0 Å². The molecular weight excluding hydrogens is 293 g/mol. The molecule has 20 heavy (non-hydrogen) atoms. The van der Waals surface area contributed by atoms with Crippen LogP contribution in [0.25, 0.3) is 0 Å². The summed E-state index contributed by atoms with van der Waals surface area (Å²) >= 11 is 0. The molecule has 1 saturated heterocycles. The summed E-state index contributed by atoms with van der Waals surface area (Å²) in [4.78, 5) is 0.997. The number of anilines is 1. The maximum absolute atomic E-state index is 13.7. The van der Waals surface area contributed by atoms with E-state index in [9.17, 15) is 30.7 Å². The van der Waals surface area contributed by atoms with Crippen LogP contribution in [0.3, 0.4) is 0 Å². The van der Waals surface area contributed by atoms with E-state index < -0.39 is 40.7 Å². The normalized spacial score (nSPS) is 16.6. The van der Waals surface area contributed by atoms with E-state index in [4.69, 9.17) is 0 Å². The molecule has 9 heteroatoms. The van der Waals surface area contributed by atoms with Gasteiger partial charge < -0.3 is 10.2 Å². The molecule has 2 N–H and O–H groups in total. The fraction of sp³-hybridized carbons (Fsp3) is 0.455. The van der Waals surface area contributed by atoms with Gasteiger partial charge in [0.15, 0.2) is 23.3 Å². The number of piperazine rings is 1. The van der Waals surface area contributed by atoms with Gasteiger partial charge in [-0.3, -0.25) is 0 Å². The van der Waals surface area contributed by atoms with Crippen molar-refractivity contribution in [1.82, 2.24) is 0 Å². The Kier molecular flexibility index (Phi) is 3.81. The van der Waals surface area contributed by atoms with Crippen LogP contribution in [0.15, 0.2) is 0 Å². The zero-order chi connectivity index (χ0) is 15.1. The van der Waals surface area contributed by atoms with Crippen LogP contribution >= 0.6 is 0 Å². The Bertz CT molecular complexity index is 491. The number of quaternary nitrogens is 1. The van der Waals surface area contributed by atoms with E-state index in [0.717, 1.165) is 4.90 Å². The smallest absolute Gasteiger partial charge is 0.355 e. The van der Waals surface area contributed by atoms with Crippen molar-refractivity contribution in [3.63, 3.8) is 0 Å². The molecule has 1 aromatic carbocycles. The van der Waals surface area contributed by atoms with E-state index in [1.54, 1.807) is 0 Å². The summed E-state index contributed by atoms with van der Waals surface area (Å²) in [5.74, 6) is -8.86. The van der Waals surface area contributed by atoms with Crippen LogP contribution in [0.4, 0.5) is 36.4 Å². The van der Waals surface area contributed by atoms with Crippen molar-refractivity contribution in [3.05, 3.63) is 28.8 Å². The Labute approximate surface area is 109 Å². The van der Waals surface area contributed by atoms with Crippen molar-refractivity contribution in [2.75, 3.05) is 31.1 Å². The van der Waals surface area contributed by atoms with Gasteiger partial charge in [-0.05, 0) is 0 Å². The van der Waals surface area contributed by atoms with Crippen LogP contribution in [0.5, 0.6) is 0 Å². The number of nitrogens with two attached hydrogens (primary N) is 1. The molecule has 1 aliphatic heterocycles. The molecule has 0 aromatic heterocycles. The molecule has 2 nitrogen and oxygen atoms in total. The zero-order valence-corrected chi connectivity index (χ0v) is 10.00. The summed E-state index contributed by atoms with van der Waals surface area (Å²) in [5.41, 5.74) is -3.62. The highest BCUT2D eigenvalue weighted by Crippen LogP contribution is 2.39. The Hall–Kier alpha value is -1.51. The zero-order valence-electron chi connectivity index (χ0n) is 10.00. The van der Waals surface area contributed by atoms with Gasteiger partial charge in [0.2, 0.25) is 0 Å². The van der Waals surface area contributed by atoms with Crippen LogP contribution in [0.2, 0.25) is 0 Å². The summed E-state index contributed by atoms with van der Waals surface area (Å²) in [5, 5.41) is 1.81. The quantitative estimate of drug-likeness (QED) is 0.618. The van der Waals surface area contributed by atoms with Crippen molar-refractivity contribution < 1.29 is 36.0 Å². The van der Waals surface area contributed by atoms with E-state index >= 15 is 0 Å². The lowest BCUT2D eigenvalue weighted by molar-refractivity contribution is -0.655. The largest absolute Gasteiger partial charge is 0.422 e. The molecule has 112 valence electrons. The molecule has 0 radical (unpaired) electrons. The monoisotopic (exact) mass is 303 g/mol. The minimum absolute atomic E-state index is 0.0814. The molecule has 1 aromatic rings. The molecule has 1 heterocycles. The van der Waals surface area contributed by atoms with Gasteiger partial charge in [-0.25, -0.2) is 17.6 Å². The van der Waals surface area contributed by atoms with E-state index in [1.807, 2.05) is 5.32 Å². The standard InChI is InChI=1S/C11H9F7N2/c12-6-5(11(16,17)18)7(13)9(15)10(8(6)14)20-3-1-19-2-4-20/h19H,1-4H2/p+1. The maximum atomic E-state index is 13.7. The fourth-order valence-corrected chi connectivity index (χ4v) is 2.12. The first-order valence-electron chi connectivity index (χ1n) is 5.75. The topological polar surface area (TPSA) is 19.9 Å². The number of halogens is 7. The van der Waals surface area contributed by atoms with Gasteiger partial charge in [-0.2, -0.15) is 13.2 Å². The van der Waals surface area contributed by atoms with Crippen LogP contribution in [0, 0.1) is 23.3 Å². The van der Waals surface area contributed by atoms with Crippen molar-refractivity contribution in [2.24, 2.45) is 0 Å². The summed E-state index contributed by atoms with van der Waals surface area (Å²) in [6.45, 7) is 1.00. The average molecular weight is 303 g/mol. The van der Waals surface area contributed by atoms with Gasteiger partial charge in [0.05, 0.1) is 26.2 Å². The summed E-state index contributed by atoms with van der Waals surface area (Å²) in [7, 11) is 0. The SMILES string of the molecule is Fc1c(F)c(C(F)(F)F)c(F)c(F)c1N1CC[NH2+]CC1. The van der Waals surface area contributed by atoms with Crippen molar-refractivity contribution >= 4 is 5.69 Å². The molecule has 0 aliphatic carbocycles. The molecule has 1 fully saturated rings. The number of hydrogen-bond acceptors (Lipinski definition) is 1. The highest BCUT2D eigenvalue weighted by atomic mass is 19.4. The first-order valence-corrected chi connectivity index (χ1v) is 5.75. The maximum Gasteiger partial charge on any atom is 0.422 e. The second-order valence-corrected chi connectivity index (χ2v) is 4.33. The molecular formula is C11H10F7N2+. The average Bonchev–Trinajstić information content (AvgIpc) is 2.37. The highest BCUT2D eigenvalue weighted by Gasteiger charge is 2.43. The Balaban J connectivity index is 2.61. The summed E-state index contributed by atoms with van der Waals surface area (Å²) in [6, 6.07) is 0. The second-order valence-electron chi connectivity index (χ2n) is 4.33. The highest BCUT2D eigenvalue weighted by molar-refractivity contribution is 5.52. The number of hydrogen-bond donors (Lipinski definition) is 1. The lowest BCUT2D eigenvalue weighted by Crippen LogP contribution is -2.89. The van der Waals surface area contributed by atoms with Crippen LogP contribution in [0.1, 0.15) is 5.56 Å². The van der Waals surface area contributed by atoms with Gasteiger partial charge >= 0.3 is 6.18 Å². The van der Waals surface area contributed by atoms with Crippen LogP contribution in [-0.2, 0) is 6.18 Å². The lowest BCUT2D eigenvalue weighted by atomic mass is 10.1. The van der Waals surface area contributed by atoms with E-state index in [-0.39, 0.29) is 13.1 Å². The Morgan fingerprint density at radius 1 is 0.800 bits per heavy atom. The third-order valence-corrected chi connectivity index (χ3v) is 3.05. The molecule has 1 aliphatic rings. The first kappa shape index (κ1) is 14.9. The number of benzene rings is 1. The van der Waals surface area contributed by atoms with Crippen molar-refractivity contribution in [1.29, 1.82) is 0 Å². The van der Waals surface area contributed by atoms with E-state index in [0.29, 0.717) is 13.1 Å². The lowest BCUT2D eigenvalue weighted by Gasteiger charge is -2.28. The molecule has 2 rings (SSSR count). The molecule has 0 amide bonds. The summed E-state index contributed by atoms with van der Waals surface area (Å²) < 4.78 is 91.4. The number of rotatable bonds is 1. The molecule has 0 spiro atoms. The Morgan fingerprint density at radius 2 is 1.25 bits per heavy atom. The molecule has 0 atom stereocenters. The Morgan fingerprint density at radius 3 is 1.65 bits per heavy atom. The van der Waals surface area contributed by atoms with Gasteiger partial charge in [-0.1, -0.05) is 0 Å². The van der Waals surface area contributed by atoms with Gasteiger partial charge in [0.25, 0.3) is 0 Å². The minimum Gasteiger partial charge on any atom is -0.355 e. The van der Waals surface area contributed by atoms with Crippen LogP contribution < -0.4 is 10.2 Å². The number of nitrogens with zero attached hydrogens (tertiary/aromatic N) is 1. The fourth-order valence-electron chi connectivity index (χ4n) is 2.12. The predicted octanol–water partition coefficient (Wildman–Crippen LogP) is 1.65. The van der Waals surface area contributed by atoms with Gasteiger partial charge in [0.1, 0.15) is 11.3 Å². The molecule has 0 unspecified atom stereocenters. The molecule has 0 bridgehead atoms.